The van der Waals surface area contributed by atoms with Crippen LogP contribution in [-0.2, 0) is 6.54 Å². The highest BCUT2D eigenvalue weighted by atomic mass is 15.1. The third-order valence-electron chi connectivity index (χ3n) is 5.12. The average Bonchev–Trinajstić information content (AvgIpc) is 3.01. The molecule has 1 aromatic rings. The van der Waals surface area contributed by atoms with Crippen LogP contribution in [0.3, 0.4) is 0 Å². The van der Waals surface area contributed by atoms with Crippen LogP contribution in [0.2, 0.25) is 0 Å². The number of pyridine rings is 1. The third-order valence-corrected chi connectivity index (χ3v) is 5.12. The van der Waals surface area contributed by atoms with E-state index in [2.05, 4.69) is 29.9 Å². The minimum atomic E-state index is 0.573. The Bertz CT molecular complexity index is 457. The van der Waals surface area contributed by atoms with E-state index in [4.69, 9.17) is 5.73 Å². The Labute approximate surface area is 116 Å². The highest BCUT2D eigenvalue weighted by Crippen LogP contribution is 2.48. The summed E-state index contributed by atoms with van der Waals surface area (Å²) in [7, 11) is 2.21. The second-order valence-corrected chi connectivity index (χ2v) is 6.47. The molecule has 104 valence electrons. The molecule has 0 aromatic carbocycles. The molecule has 2 N–H and O–H groups in total. The minimum Gasteiger partial charge on any atom is -0.374 e. The van der Waals surface area contributed by atoms with Crippen molar-refractivity contribution < 1.29 is 0 Å². The number of fused-ring (bicyclic) bond motifs is 2. The molecule has 2 fully saturated rings. The molecule has 0 aliphatic heterocycles. The molecule has 3 heteroatoms. The minimum absolute atomic E-state index is 0.573. The summed E-state index contributed by atoms with van der Waals surface area (Å²) >= 11 is 0. The molecule has 2 saturated carbocycles. The van der Waals surface area contributed by atoms with Crippen molar-refractivity contribution in [2.75, 3.05) is 18.5 Å². The Kier molecular flexibility index (Phi) is 3.48. The van der Waals surface area contributed by atoms with Crippen molar-refractivity contribution in [2.45, 2.75) is 39.2 Å². The van der Waals surface area contributed by atoms with E-state index in [1.54, 1.807) is 0 Å². The highest BCUT2D eigenvalue weighted by molar-refractivity contribution is 5.53. The van der Waals surface area contributed by atoms with E-state index >= 15 is 0 Å². The fraction of sp³-hybridized carbons (Fsp3) is 0.688. The Balaban J connectivity index is 1.73. The van der Waals surface area contributed by atoms with Crippen LogP contribution in [0.25, 0.3) is 0 Å². The van der Waals surface area contributed by atoms with Crippen LogP contribution in [0.5, 0.6) is 0 Å². The summed E-state index contributed by atoms with van der Waals surface area (Å²) in [6.45, 7) is 3.80. The topological polar surface area (TPSA) is 42.1 Å². The lowest BCUT2D eigenvalue weighted by molar-refractivity contribution is 0.337. The molecule has 0 amide bonds. The zero-order valence-electron chi connectivity index (χ0n) is 12.1. The van der Waals surface area contributed by atoms with Gasteiger partial charge in [0.2, 0.25) is 0 Å². The molecule has 1 heterocycles. The van der Waals surface area contributed by atoms with Gasteiger partial charge in [0.25, 0.3) is 0 Å². The van der Waals surface area contributed by atoms with Crippen LogP contribution in [0.15, 0.2) is 12.3 Å². The number of nitrogens with two attached hydrogens (primary N) is 1. The summed E-state index contributed by atoms with van der Waals surface area (Å²) in [6.07, 6.45) is 7.80. The Morgan fingerprint density at radius 2 is 2.21 bits per heavy atom. The average molecular weight is 259 g/mol. The van der Waals surface area contributed by atoms with E-state index in [1.165, 1.54) is 37.9 Å². The van der Waals surface area contributed by atoms with Gasteiger partial charge in [-0.3, -0.25) is 4.98 Å². The maximum atomic E-state index is 5.84. The van der Waals surface area contributed by atoms with Crippen molar-refractivity contribution >= 4 is 5.69 Å². The first-order valence-electron chi connectivity index (χ1n) is 7.54. The van der Waals surface area contributed by atoms with Crippen molar-refractivity contribution in [1.29, 1.82) is 0 Å². The summed E-state index contributed by atoms with van der Waals surface area (Å²) < 4.78 is 0. The van der Waals surface area contributed by atoms with Crippen molar-refractivity contribution in [2.24, 2.45) is 23.5 Å². The number of aryl methyl sites for hydroxylation is 1. The quantitative estimate of drug-likeness (QED) is 0.904. The van der Waals surface area contributed by atoms with Crippen LogP contribution in [-0.4, -0.2) is 18.6 Å². The third kappa shape index (κ3) is 2.48. The van der Waals surface area contributed by atoms with Gasteiger partial charge in [-0.25, -0.2) is 0 Å². The molecular formula is C16H25N3. The van der Waals surface area contributed by atoms with Gasteiger partial charge < -0.3 is 10.6 Å². The molecule has 2 aliphatic rings. The van der Waals surface area contributed by atoms with E-state index in [9.17, 15) is 0 Å². The smallest absolute Gasteiger partial charge is 0.0442 e. The first-order valence-corrected chi connectivity index (χ1v) is 7.54. The molecule has 0 spiro atoms. The lowest BCUT2D eigenvalue weighted by Crippen LogP contribution is -2.29. The van der Waals surface area contributed by atoms with Gasteiger partial charge in [-0.1, -0.05) is 6.42 Å². The standard InChI is InChI=1S/C16H25N3/c1-11-5-16(15(8-17)9-18-11)19(2)10-14-7-12-3-4-13(14)6-12/h5,9,12-14H,3-4,6-8,10,17H2,1-2H3. The number of hydrogen-bond acceptors (Lipinski definition) is 3. The van der Waals surface area contributed by atoms with Crippen LogP contribution < -0.4 is 10.6 Å². The van der Waals surface area contributed by atoms with E-state index in [0.29, 0.717) is 6.54 Å². The molecule has 2 bridgehead atoms. The SMILES string of the molecule is Cc1cc(N(C)CC2CC3CCC2C3)c(CN)cn1. The summed E-state index contributed by atoms with van der Waals surface area (Å²) in [4.78, 5) is 6.76. The normalized spacial score (nSPS) is 28.9. The van der Waals surface area contributed by atoms with Gasteiger partial charge in [0, 0.05) is 43.3 Å². The first kappa shape index (κ1) is 12.9. The van der Waals surface area contributed by atoms with Gasteiger partial charge in [0.15, 0.2) is 0 Å². The van der Waals surface area contributed by atoms with Crippen molar-refractivity contribution in [3.63, 3.8) is 0 Å². The van der Waals surface area contributed by atoms with Crippen LogP contribution in [0.1, 0.15) is 36.9 Å². The number of anilines is 1. The maximum Gasteiger partial charge on any atom is 0.0442 e. The Morgan fingerprint density at radius 1 is 1.37 bits per heavy atom. The van der Waals surface area contributed by atoms with Gasteiger partial charge >= 0.3 is 0 Å². The molecular weight excluding hydrogens is 234 g/mol. The monoisotopic (exact) mass is 259 g/mol. The second kappa shape index (κ2) is 5.12. The fourth-order valence-corrected chi connectivity index (χ4v) is 4.14. The maximum absolute atomic E-state index is 5.84. The van der Waals surface area contributed by atoms with E-state index in [1.807, 2.05) is 6.20 Å². The largest absolute Gasteiger partial charge is 0.374 e. The fourth-order valence-electron chi connectivity index (χ4n) is 4.14. The van der Waals surface area contributed by atoms with E-state index < -0.39 is 0 Å². The number of nitrogens with zero attached hydrogens (tertiary/aromatic N) is 2. The number of aromatic nitrogens is 1. The molecule has 1 aromatic heterocycles. The molecule has 19 heavy (non-hydrogen) atoms. The lowest BCUT2D eigenvalue weighted by atomic mass is 9.88. The lowest BCUT2D eigenvalue weighted by Gasteiger charge is -2.29. The van der Waals surface area contributed by atoms with Crippen LogP contribution in [0.4, 0.5) is 5.69 Å². The van der Waals surface area contributed by atoms with Crippen LogP contribution >= 0.6 is 0 Å². The summed E-state index contributed by atoms with van der Waals surface area (Å²) in [5, 5.41) is 0. The van der Waals surface area contributed by atoms with Gasteiger partial charge in [0.05, 0.1) is 0 Å². The summed E-state index contributed by atoms with van der Waals surface area (Å²) in [5.41, 5.74) is 9.36. The van der Waals surface area contributed by atoms with Gasteiger partial charge in [-0.05, 0) is 50.0 Å². The second-order valence-electron chi connectivity index (χ2n) is 6.47. The molecule has 3 rings (SSSR count). The zero-order valence-corrected chi connectivity index (χ0v) is 12.1. The zero-order chi connectivity index (χ0) is 13.4. The van der Waals surface area contributed by atoms with Gasteiger partial charge in [-0.2, -0.15) is 0 Å². The molecule has 0 saturated heterocycles. The summed E-state index contributed by atoms with van der Waals surface area (Å²) in [6, 6.07) is 2.18. The highest BCUT2D eigenvalue weighted by Gasteiger charge is 2.39. The van der Waals surface area contributed by atoms with Gasteiger partial charge in [-0.15, -0.1) is 0 Å². The molecule has 0 radical (unpaired) electrons. The van der Waals surface area contributed by atoms with Crippen LogP contribution in [0, 0.1) is 24.7 Å². The van der Waals surface area contributed by atoms with Crippen molar-refractivity contribution in [3.05, 3.63) is 23.5 Å². The Hall–Kier alpha value is -1.09. The first-order chi connectivity index (χ1) is 9.17. The summed E-state index contributed by atoms with van der Waals surface area (Å²) in [5.74, 6) is 2.90. The van der Waals surface area contributed by atoms with Gasteiger partial charge in [0.1, 0.15) is 0 Å². The van der Waals surface area contributed by atoms with Crippen molar-refractivity contribution in [1.82, 2.24) is 4.98 Å². The molecule has 3 unspecified atom stereocenters. The van der Waals surface area contributed by atoms with E-state index in [0.717, 1.165) is 29.0 Å². The van der Waals surface area contributed by atoms with Crippen molar-refractivity contribution in [3.8, 4) is 0 Å². The predicted octanol–water partition coefficient (Wildman–Crippen LogP) is 2.72. The molecule has 3 nitrogen and oxygen atoms in total. The Morgan fingerprint density at radius 3 is 2.84 bits per heavy atom. The molecule has 2 aliphatic carbocycles. The predicted molar refractivity (Wildman–Crippen MR) is 79.1 cm³/mol. The molecule has 3 atom stereocenters. The number of hydrogen-bond donors (Lipinski definition) is 1. The number of rotatable bonds is 4. The van der Waals surface area contributed by atoms with E-state index in [-0.39, 0.29) is 0 Å².